The second kappa shape index (κ2) is 13.5. The van der Waals surface area contributed by atoms with Crippen LogP contribution in [-0.4, -0.2) is 63.2 Å². The minimum absolute atomic E-state index is 0.000422. The van der Waals surface area contributed by atoms with Crippen LogP contribution in [0.25, 0.3) is 0 Å². The van der Waals surface area contributed by atoms with Crippen molar-refractivity contribution in [3.63, 3.8) is 0 Å². The number of carbonyl (C=O) groups excluding carboxylic acids is 2. The first-order valence-corrected chi connectivity index (χ1v) is 15.0. The summed E-state index contributed by atoms with van der Waals surface area (Å²) >= 11 is 0. The van der Waals surface area contributed by atoms with Crippen LogP contribution in [-0.2, 0) is 26.2 Å². The normalized spacial score (nSPS) is 14.3. The van der Waals surface area contributed by atoms with Gasteiger partial charge < -0.3 is 19.7 Å². The summed E-state index contributed by atoms with van der Waals surface area (Å²) < 4.78 is 37.7. The van der Waals surface area contributed by atoms with Gasteiger partial charge in [-0.2, -0.15) is 0 Å². The maximum atomic E-state index is 13.5. The van der Waals surface area contributed by atoms with Gasteiger partial charge in [-0.25, -0.2) is 8.42 Å². The standard InChI is InChI=1S/C28H39N3O6S/c1-5-21(3)29-28(33)24(6-2)30(20-22-11-8-7-9-12-22)27(32)13-10-16-31(38(4,34)35)23-14-15-25-26(19-23)37-18-17-36-25/h7-9,11-12,14-15,19,21,24H,5-6,10,13,16-18,20H2,1-4H3,(H,29,33)/t21-,24+/m1/s1. The summed E-state index contributed by atoms with van der Waals surface area (Å²) in [5, 5.41) is 3.00. The number of hydrogen-bond donors (Lipinski definition) is 1. The highest BCUT2D eigenvalue weighted by Gasteiger charge is 2.29. The van der Waals surface area contributed by atoms with E-state index in [1.807, 2.05) is 51.1 Å². The van der Waals surface area contributed by atoms with Gasteiger partial charge in [-0.05, 0) is 43.9 Å². The molecule has 2 aromatic rings. The molecule has 0 aliphatic carbocycles. The van der Waals surface area contributed by atoms with Crippen molar-refractivity contribution in [3.8, 4) is 11.5 Å². The summed E-state index contributed by atoms with van der Waals surface area (Å²) in [5.74, 6) is 0.683. The molecule has 0 spiro atoms. The minimum atomic E-state index is -3.61. The van der Waals surface area contributed by atoms with Gasteiger partial charge in [-0.3, -0.25) is 13.9 Å². The number of hydrogen-bond acceptors (Lipinski definition) is 6. The molecule has 1 heterocycles. The molecule has 38 heavy (non-hydrogen) atoms. The van der Waals surface area contributed by atoms with Crippen LogP contribution < -0.4 is 19.1 Å². The van der Waals surface area contributed by atoms with Crippen molar-refractivity contribution < 1.29 is 27.5 Å². The fraction of sp³-hybridized carbons (Fsp3) is 0.500. The fourth-order valence-electron chi connectivity index (χ4n) is 4.33. The minimum Gasteiger partial charge on any atom is -0.486 e. The molecule has 1 aliphatic heterocycles. The third-order valence-electron chi connectivity index (χ3n) is 6.55. The van der Waals surface area contributed by atoms with E-state index in [9.17, 15) is 18.0 Å². The van der Waals surface area contributed by atoms with Gasteiger partial charge in [0, 0.05) is 31.6 Å². The van der Waals surface area contributed by atoms with Crippen LogP contribution in [0.4, 0.5) is 5.69 Å². The van der Waals surface area contributed by atoms with Gasteiger partial charge in [0.25, 0.3) is 0 Å². The Morgan fingerprint density at radius 2 is 1.68 bits per heavy atom. The monoisotopic (exact) mass is 545 g/mol. The molecule has 9 nitrogen and oxygen atoms in total. The van der Waals surface area contributed by atoms with Crippen LogP contribution in [0.2, 0.25) is 0 Å². The Hall–Kier alpha value is -3.27. The largest absolute Gasteiger partial charge is 0.486 e. The average molecular weight is 546 g/mol. The highest BCUT2D eigenvalue weighted by atomic mass is 32.2. The molecule has 0 aromatic heterocycles. The number of nitrogens with one attached hydrogen (secondary N) is 1. The summed E-state index contributed by atoms with van der Waals surface area (Å²) in [6.45, 7) is 7.06. The second-order valence-electron chi connectivity index (χ2n) is 9.52. The molecule has 0 unspecified atom stereocenters. The molecule has 2 aromatic carbocycles. The van der Waals surface area contributed by atoms with Crippen molar-refractivity contribution in [3.05, 3.63) is 54.1 Å². The average Bonchev–Trinajstić information content (AvgIpc) is 2.90. The first kappa shape index (κ1) is 29.3. The molecular weight excluding hydrogens is 506 g/mol. The Kier molecular flexibility index (Phi) is 10.4. The molecule has 0 saturated heterocycles. The van der Waals surface area contributed by atoms with E-state index in [-0.39, 0.29) is 37.2 Å². The van der Waals surface area contributed by atoms with E-state index in [1.165, 1.54) is 4.31 Å². The van der Waals surface area contributed by atoms with Crippen LogP contribution in [0, 0.1) is 0 Å². The number of fused-ring (bicyclic) bond motifs is 1. The first-order valence-electron chi connectivity index (χ1n) is 13.1. The molecule has 0 radical (unpaired) electrons. The lowest BCUT2D eigenvalue weighted by Gasteiger charge is -2.32. The van der Waals surface area contributed by atoms with E-state index < -0.39 is 16.1 Å². The number of rotatable bonds is 13. The maximum Gasteiger partial charge on any atom is 0.243 e. The van der Waals surface area contributed by atoms with Crippen molar-refractivity contribution in [2.45, 2.75) is 65.1 Å². The molecular formula is C28H39N3O6S. The van der Waals surface area contributed by atoms with Crippen molar-refractivity contribution in [2.24, 2.45) is 0 Å². The predicted molar refractivity (Wildman–Crippen MR) is 148 cm³/mol. The molecule has 1 aliphatic rings. The Morgan fingerprint density at radius 3 is 2.32 bits per heavy atom. The van der Waals surface area contributed by atoms with Crippen LogP contribution in [0.1, 0.15) is 52.0 Å². The quantitative estimate of drug-likeness (QED) is 0.411. The molecule has 208 valence electrons. The third-order valence-corrected chi connectivity index (χ3v) is 7.74. The Labute approximate surface area is 226 Å². The molecule has 10 heteroatoms. The Balaban J connectivity index is 1.75. The van der Waals surface area contributed by atoms with Gasteiger partial charge >= 0.3 is 0 Å². The molecule has 2 amide bonds. The van der Waals surface area contributed by atoms with Crippen LogP contribution in [0.15, 0.2) is 48.5 Å². The van der Waals surface area contributed by atoms with Crippen molar-refractivity contribution in [1.82, 2.24) is 10.2 Å². The predicted octanol–water partition coefficient (Wildman–Crippen LogP) is 3.73. The highest BCUT2D eigenvalue weighted by molar-refractivity contribution is 7.92. The SMILES string of the molecule is CC[C@@H](C)NC(=O)[C@H](CC)N(Cc1ccccc1)C(=O)CCCN(c1ccc2c(c1)OCCO2)S(C)(=O)=O. The van der Waals surface area contributed by atoms with E-state index in [4.69, 9.17) is 9.47 Å². The van der Waals surface area contributed by atoms with Crippen LogP contribution >= 0.6 is 0 Å². The second-order valence-corrected chi connectivity index (χ2v) is 11.4. The Morgan fingerprint density at radius 1 is 1.00 bits per heavy atom. The zero-order valence-electron chi connectivity index (χ0n) is 22.7. The zero-order valence-corrected chi connectivity index (χ0v) is 23.5. The van der Waals surface area contributed by atoms with E-state index in [1.54, 1.807) is 23.1 Å². The number of amides is 2. The van der Waals surface area contributed by atoms with Gasteiger partial charge in [0.1, 0.15) is 19.3 Å². The molecule has 0 fully saturated rings. The van der Waals surface area contributed by atoms with E-state index in [0.717, 1.165) is 18.2 Å². The van der Waals surface area contributed by atoms with Gasteiger partial charge in [-0.15, -0.1) is 0 Å². The van der Waals surface area contributed by atoms with Crippen LogP contribution in [0.5, 0.6) is 11.5 Å². The summed E-state index contributed by atoms with van der Waals surface area (Å²) in [5.41, 5.74) is 1.37. The fourth-order valence-corrected chi connectivity index (χ4v) is 5.29. The molecule has 3 rings (SSSR count). The molecule has 2 atom stereocenters. The van der Waals surface area contributed by atoms with Gasteiger partial charge in [0.05, 0.1) is 11.9 Å². The van der Waals surface area contributed by atoms with Crippen molar-refractivity contribution in [1.29, 1.82) is 0 Å². The van der Waals surface area contributed by atoms with Crippen molar-refractivity contribution in [2.75, 3.05) is 30.3 Å². The lowest BCUT2D eigenvalue weighted by Crippen LogP contribution is -2.50. The number of anilines is 1. The maximum absolute atomic E-state index is 13.5. The number of nitrogens with zero attached hydrogens (tertiary/aromatic N) is 2. The number of ether oxygens (including phenoxy) is 2. The number of benzene rings is 2. The third kappa shape index (κ3) is 7.86. The molecule has 0 saturated carbocycles. The first-order chi connectivity index (χ1) is 18.1. The summed E-state index contributed by atoms with van der Waals surface area (Å²) in [4.78, 5) is 28.2. The molecule has 0 bridgehead atoms. The number of carbonyl (C=O) groups is 2. The lowest BCUT2D eigenvalue weighted by molar-refractivity contribution is -0.141. The highest BCUT2D eigenvalue weighted by Crippen LogP contribution is 2.34. The van der Waals surface area contributed by atoms with E-state index in [2.05, 4.69) is 5.32 Å². The van der Waals surface area contributed by atoms with E-state index in [0.29, 0.717) is 43.4 Å². The zero-order chi connectivity index (χ0) is 27.7. The van der Waals surface area contributed by atoms with Gasteiger partial charge in [-0.1, -0.05) is 44.2 Å². The van der Waals surface area contributed by atoms with Crippen LogP contribution in [0.3, 0.4) is 0 Å². The van der Waals surface area contributed by atoms with Gasteiger partial charge in [0.2, 0.25) is 21.8 Å². The summed E-state index contributed by atoms with van der Waals surface area (Å²) in [6, 6.07) is 13.9. The Bertz CT molecular complexity index is 1190. The van der Waals surface area contributed by atoms with Gasteiger partial charge in [0.15, 0.2) is 11.5 Å². The molecule has 1 N–H and O–H groups in total. The van der Waals surface area contributed by atoms with Crippen molar-refractivity contribution >= 4 is 27.5 Å². The smallest absolute Gasteiger partial charge is 0.243 e. The lowest BCUT2D eigenvalue weighted by atomic mass is 10.1. The van der Waals surface area contributed by atoms with E-state index >= 15 is 0 Å². The number of sulfonamides is 1. The topological polar surface area (TPSA) is 105 Å². The summed E-state index contributed by atoms with van der Waals surface area (Å²) in [7, 11) is -3.61. The summed E-state index contributed by atoms with van der Waals surface area (Å²) in [6.07, 6.45) is 2.77.